The van der Waals surface area contributed by atoms with Crippen molar-refractivity contribution >= 4 is 18.6 Å². The molecule has 0 saturated carbocycles. The molecule has 1 aromatic rings. The van der Waals surface area contributed by atoms with Crippen molar-refractivity contribution in [1.29, 1.82) is 0 Å². The molecule has 0 radical (unpaired) electrons. The summed E-state index contributed by atoms with van der Waals surface area (Å²) in [5.74, 6) is 1.48. The lowest BCUT2D eigenvalue weighted by atomic mass is 9.35. The molecule has 0 amide bonds. The monoisotopic (exact) mass is 804 g/mol. The van der Waals surface area contributed by atoms with Gasteiger partial charge in [0.1, 0.15) is 0 Å². The highest BCUT2D eigenvalue weighted by molar-refractivity contribution is 7.79. The number of carbonyl (C=O) groups is 1. The summed E-state index contributed by atoms with van der Waals surface area (Å²) in [7, 11) is 0. The Kier molecular flexibility index (Phi) is 21.6. The topological polar surface area (TPSA) is 85.6 Å². The number of benzene rings is 1. The van der Waals surface area contributed by atoms with Gasteiger partial charge in [0.25, 0.3) is 0 Å². The third-order valence-corrected chi connectivity index (χ3v) is 15.3. The van der Waals surface area contributed by atoms with Crippen LogP contribution in [0.2, 0.25) is 0 Å². The highest BCUT2D eigenvalue weighted by Crippen LogP contribution is 2.73. The first-order chi connectivity index (χ1) is 25.6. The molecule has 0 bridgehead atoms. The summed E-state index contributed by atoms with van der Waals surface area (Å²) in [6, 6.07) is 8.99. The summed E-state index contributed by atoms with van der Waals surface area (Å²) in [4.78, 5) is 15.4. The zero-order chi connectivity index (χ0) is 44.0. The Bertz CT molecular complexity index is 1310. The van der Waals surface area contributed by atoms with Gasteiger partial charge in [-0.25, -0.2) is 0 Å². The van der Waals surface area contributed by atoms with Crippen molar-refractivity contribution in [2.24, 2.45) is 49.1 Å². The molecule has 0 spiro atoms. The number of carbonyl (C=O) groups excluding carboxylic acids is 1. The number of ether oxygens (including phenoxy) is 2. The third kappa shape index (κ3) is 12.0. The maximum Gasteiger partial charge on any atom is 0.312 e. The minimum atomic E-state index is -0.976. The predicted molar refractivity (Wildman–Crippen MR) is 248 cm³/mol. The van der Waals surface area contributed by atoms with Crippen LogP contribution < -0.4 is 16.4 Å². The molecule has 0 heterocycles. The minimum Gasteiger partial charge on any atom is -0.498 e. The fraction of sp³-hybridized carbons (Fsp3) is 0.816. The fourth-order valence-electron chi connectivity index (χ4n) is 9.16. The number of nitrogens with two attached hydrogens (primary N) is 1. The maximum absolute atomic E-state index is 15.4. The van der Waals surface area contributed by atoms with Gasteiger partial charge in [-0.3, -0.25) is 4.79 Å². The van der Waals surface area contributed by atoms with Crippen molar-refractivity contribution in [2.75, 3.05) is 45.9 Å². The molecule has 1 aromatic carbocycles. The zero-order valence-corrected chi connectivity index (χ0v) is 41.2. The first-order valence-corrected chi connectivity index (χ1v) is 22.5. The van der Waals surface area contributed by atoms with Gasteiger partial charge >= 0.3 is 5.97 Å². The molecule has 3 unspecified atom stereocenters. The normalized spacial score (nSPS) is 15.9. The van der Waals surface area contributed by atoms with Crippen LogP contribution in [-0.4, -0.2) is 51.9 Å². The van der Waals surface area contributed by atoms with Gasteiger partial charge in [0.2, 0.25) is 0 Å². The number of hydrogen-bond donors (Lipinski definition) is 4. The highest BCUT2D eigenvalue weighted by atomic mass is 32.1. The van der Waals surface area contributed by atoms with Crippen molar-refractivity contribution in [3.8, 4) is 0 Å². The molecule has 7 heteroatoms. The predicted octanol–water partition coefficient (Wildman–Crippen LogP) is 12.2. The van der Waals surface area contributed by atoms with Gasteiger partial charge in [0.05, 0.1) is 24.4 Å². The van der Waals surface area contributed by atoms with E-state index in [1.54, 1.807) is 0 Å². The van der Waals surface area contributed by atoms with Gasteiger partial charge in [-0.2, -0.15) is 12.6 Å². The Hall–Kier alpha value is -1.54. The Morgan fingerprint density at radius 2 is 1.18 bits per heavy atom. The van der Waals surface area contributed by atoms with E-state index in [0.29, 0.717) is 25.5 Å². The SMILES string of the molecule is C=C(OCCCNCCC)C(C)(C(C)(C)C)C(C)(C)C(C)(C)C(C)(C(=O)OCCCNCCN)C(C)(C)C(C)(C)C(CC(C)(C)C)c1ccc(CS)cc1.CC. The van der Waals surface area contributed by atoms with E-state index in [2.05, 4.69) is 172 Å². The Labute approximate surface area is 353 Å². The van der Waals surface area contributed by atoms with E-state index < -0.39 is 27.1 Å². The molecule has 4 N–H and O–H groups in total. The second kappa shape index (κ2) is 22.2. The standard InChI is InChI=1S/C47H87N3O3S.C2H6/c1-19-27-49-28-20-31-52-35(2)46(17,41(6,7)8)44(13,14)45(15,16)47(18,39(51)53-32-21-29-50-30-26-48)43(11,12)42(9,10)38(33-40(3,4)5)37-24-22-36(34-54)23-25-37;1-2/h22-25,38,49-50,54H,2,19-21,26-34,48H2,1,3-18H3;1-2H3. The molecular weight excluding hydrogens is 711 g/mol. The number of esters is 1. The van der Waals surface area contributed by atoms with Crippen LogP contribution in [0.1, 0.15) is 174 Å². The van der Waals surface area contributed by atoms with Crippen molar-refractivity contribution in [1.82, 2.24) is 10.6 Å². The number of allylic oxidation sites excluding steroid dienone is 1. The van der Waals surface area contributed by atoms with Crippen LogP contribution in [0.3, 0.4) is 0 Å². The molecule has 3 atom stereocenters. The van der Waals surface area contributed by atoms with Gasteiger partial charge in [0.15, 0.2) is 0 Å². The first kappa shape index (κ1) is 54.5. The molecule has 0 aliphatic heterocycles. The maximum atomic E-state index is 15.4. The molecule has 6 nitrogen and oxygen atoms in total. The first-order valence-electron chi connectivity index (χ1n) is 21.9. The number of nitrogens with one attached hydrogen (secondary N) is 2. The van der Waals surface area contributed by atoms with Gasteiger partial charge in [-0.05, 0) is 102 Å². The van der Waals surface area contributed by atoms with Crippen molar-refractivity contribution < 1.29 is 14.3 Å². The molecule has 0 aliphatic rings. The molecule has 0 aromatic heterocycles. The second-order valence-electron chi connectivity index (χ2n) is 20.7. The molecule has 328 valence electrons. The van der Waals surface area contributed by atoms with Crippen molar-refractivity contribution in [3.05, 3.63) is 47.7 Å². The van der Waals surface area contributed by atoms with E-state index in [1.165, 1.54) is 11.1 Å². The largest absolute Gasteiger partial charge is 0.498 e. The minimum absolute atomic E-state index is 0.0500. The van der Waals surface area contributed by atoms with Crippen LogP contribution in [0.15, 0.2) is 36.6 Å². The molecular formula is C49H93N3O3S. The fourth-order valence-corrected chi connectivity index (χ4v) is 9.37. The quantitative estimate of drug-likeness (QED) is 0.0360. The number of thiol groups is 1. The van der Waals surface area contributed by atoms with E-state index in [0.717, 1.165) is 57.6 Å². The molecule has 0 aliphatic carbocycles. The van der Waals surface area contributed by atoms with E-state index in [9.17, 15) is 0 Å². The summed E-state index contributed by atoms with van der Waals surface area (Å²) >= 11 is 4.55. The molecule has 56 heavy (non-hydrogen) atoms. The van der Waals surface area contributed by atoms with Crippen LogP contribution >= 0.6 is 12.6 Å². The van der Waals surface area contributed by atoms with Crippen LogP contribution in [-0.2, 0) is 20.0 Å². The van der Waals surface area contributed by atoms with Gasteiger partial charge < -0.3 is 25.8 Å². The van der Waals surface area contributed by atoms with Crippen molar-refractivity contribution in [3.63, 3.8) is 0 Å². The van der Waals surface area contributed by atoms with Crippen molar-refractivity contribution in [2.45, 2.75) is 169 Å². The van der Waals surface area contributed by atoms with Gasteiger partial charge in [-0.15, -0.1) is 0 Å². The average Bonchev–Trinajstić information content (AvgIpc) is 3.12. The highest BCUT2D eigenvalue weighted by Gasteiger charge is 2.71. The van der Waals surface area contributed by atoms with E-state index >= 15 is 4.79 Å². The van der Waals surface area contributed by atoms with Crippen LogP contribution in [0, 0.1) is 43.3 Å². The smallest absolute Gasteiger partial charge is 0.312 e. The average molecular weight is 804 g/mol. The summed E-state index contributed by atoms with van der Waals surface area (Å²) in [5.41, 5.74) is 4.37. The third-order valence-electron chi connectivity index (χ3n) is 14.9. The van der Waals surface area contributed by atoms with E-state index in [1.807, 2.05) is 13.8 Å². The molecule has 0 saturated heterocycles. The number of hydrogen-bond acceptors (Lipinski definition) is 7. The Morgan fingerprint density at radius 1 is 0.714 bits per heavy atom. The summed E-state index contributed by atoms with van der Waals surface area (Å²) in [5, 5.41) is 6.84. The van der Waals surface area contributed by atoms with E-state index in [-0.39, 0.29) is 28.1 Å². The van der Waals surface area contributed by atoms with Gasteiger partial charge in [0, 0.05) is 24.3 Å². The summed E-state index contributed by atoms with van der Waals surface area (Å²) in [6.45, 7) is 52.8. The summed E-state index contributed by atoms with van der Waals surface area (Å²) < 4.78 is 13.1. The molecule has 1 rings (SSSR count). The van der Waals surface area contributed by atoms with Crippen LogP contribution in [0.25, 0.3) is 0 Å². The van der Waals surface area contributed by atoms with Gasteiger partial charge in [-0.1, -0.05) is 155 Å². The van der Waals surface area contributed by atoms with Crippen LogP contribution in [0.4, 0.5) is 0 Å². The zero-order valence-electron chi connectivity index (χ0n) is 40.3. The Balaban J connectivity index is 0.0000149. The second-order valence-corrected chi connectivity index (χ2v) is 21.0. The molecule has 0 fully saturated rings. The lowest BCUT2D eigenvalue weighted by Crippen LogP contribution is -2.66. The summed E-state index contributed by atoms with van der Waals surface area (Å²) in [6.07, 6.45) is 3.69. The lowest BCUT2D eigenvalue weighted by molar-refractivity contribution is -0.225. The lowest BCUT2D eigenvalue weighted by Gasteiger charge is -2.68. The number of rotatable bonds is 24. The Morgan fingerprint density at radius 3 is 1.61 bits per heavy atom. The van der Waals surface area contributed by atoms with Crippen LogP contribution in [0.5, 0.6) is 0 Å². The van der Waals surface area contributed by atoms with E-state index in [4.69, 9.17) is 15.2 Å².